The number of anilines is 1. The van der Waals surface area contributed by atoms with Gasteiger partial charge < -0.3 is 10.5 Å². The number of nitrogens with zero attached hydrogens (tertiary/aromatic N) is 1. The fourth-order valence-electron chi connectivity index (χ4n) is 1.23. The first kappa shape index (κ1) is 9.99. The molecule has 0 bridgehead atoms. The van der Waals surface area contributed by atoms with Crippen LogP contribution < -0.4 is 5.73 Å². The average molecular weight is 180 g/mol. The molecule has 3 nitrogen and oxygen atoms in total. The van der Waals surface area contributed by atoms with Gasteiger partial charge in [-0.15, -0.1) is 0 Å². The predicted octanol–water partition coefficient (Wildman–Crippen LogP) is 1.63. The highest BCUT2D eigenvalue weighted by Gasteiger charge is 1.94. The summed E-state index contributed by atoms with van der Waals surface area (Å²) in [5, 5.41) is 0. The van der Waals surface area contributed by atoms with Gasteiger partial charge in [0.25, 0.3) is 0 Å². The second kappa shape index (κ2) is 5.54. The third kappa shape index (κ3) is 3.90. The van der Waals surface area contributed by atoms with E-state index in [0.717, 1.165) is 25.9 Å². The summed E-state index contributed by atoms with van der Waals surface area (Å²) < 4.78 is 4.97. The topological polar surface area (TPSA) is 48.1 Å². The van der Waals surface area contributed by atoms with E-state index in [1.165, 1.54) is 5.56 Å². The molecule has 0 aliphatic carbocycles. The number of nitrogen functional groups attached to an aromatic ring is 1. The first-order valence-electron chi connectivity index (χ1n) is 4.52. The van der Waals surface area contributed by atoms with Gasteiger partial charge in [0.1, 0.15) is 5.82 Å². The van der Waals surface area contributed by atoms with Crippen LogP contribution in [0.3, 0.4) is 0 Å². The van der Waals surface area contributed by atoms with Crippen LogP contribution in [0.2, 0.25) is 0 Å². The molecule has 0 radical (unpaired) electrons. The van der Waals surface area contributed by atoms with E-state index in [9.17, 15) is 0 Å². The molecule has 0 atom stereocenters. The maximum absolute atomic E-state index is 5.55. The van der Waals surface area contributed by atoms with Crippen LogP contribution in [0.25, 0.3) is 0 Å². The first-order chi connectivity index (χ1) is 6.33. The molecule has 0 aliphatic rings. The zero-order chi connectivity index (χ0) is 9.52. The Labute approximate surface area is 78.9 Å². The molecule has 0 saturated heterocycles. The summed E-state index contributed by atoms with van der Waals surface area (Å²) in [6.07, 6.45) is 5.03. The largest absolute Gasteiger partial charge is 0.385 e. The van der Waals surface area contributed by atoms with E-state index < -0.39 is 0 Å². The van der Waals surface area contributed by atoms with Crippen molar-refractivity contribution >= 4 is 5.82 Å². The van der Waals surface area contributed by atoms with Gasteiger partial charge in [-0.3, -0.25) is 0 Å². The summed E-state index contributed by atoms with van der Waals surface area (Å²) in [6, 6.07) is 3.93. The summed E-state index contributed by atoms with van der Waals surface area (Å²) in [6.45, 7) is 0.834. The van der Waals surface area contributed by atoms with E-state index in [-0.39, 0.29) is 0 Å². The van der Waals surface area contributed by atoms with Crippen LogP contribution in [0, 0.1) is 0 Å². The van der Waals surface area contributed by atoms with E-state index in [2.05, 4.69) is 4.98 Å². The monoisotopic (exact) mass is 180 g/mol. The van der Waals surface area contributed by atoms with Crippen molar-refractivity contribution in [3.63, 3.8) is 0 Å². The fourth-order valence-corrected chi connectivity index (χ4v) is 1.23. The Morgan fingerprint density at radius 1 is 1.46 bits per heavy atom. The number of ether oxygens (including phenoxy) is 1. The van der Waals surface area contributed by atoms with Crippen molar-refractivity contribution in [1.29, 1.82) is 0 Å². The first-order valence-corrected chi connectivity index (χ1v) is 4.52. The van der Waals surface area contributed by atoms with Crippen LogP contribution in [-0.2, 0) is 11.2 Å². The molecule has 0 spiro atoms. The number of unbranched alkanes of at least 4 members (excludes halogenated alkanes) is 1. The molecule has 0 fully saturated rings. The van der Waals surface area contributed by atoms with Crippen LogP contribution in [0.15, 0.2) is 18.3 Å². The van der Waals surface area contributed by atoms with Gasteiger partial charge in [0.2, 0.25) is 0 Å². The lowest BCUT2D eigenvalue weighted by atomic mass is 10.1. The number of rotatable bonds is 5. The SMILES string of the molecule is COCCCCc1ccnc(N)c1. The van der Waals surface area contributed by atoms with Crippen molar-refractivity contribution in [3.05, 3.63) is 23.9 Å². The molecule has 72 valence electrons. The normalized spacial score (nSPS) is 10.2. The van der Waals surface area contributed by atoms with Crippen LogP contribution in [-0.4, -0.2) is 18.7 Å². The summed E-state index contributed by atoms with van der Waals surface area (Å²) in [7, 11) is 1.73. The highest BCUT2D eigenvalue weighted by atomic mass is 16.5. The van der Waals surface area contributed by atoms with Crippen LogP contribution in [0.1, 0.15) is 18.4 Å². The second-order valence-corrected chi connectivity index (χ2v) is 3.04. The van der Waals surface area contributed by atoms with Gasteiger partial charge >= 0.3 is 0 Å². The smallest absolute Gasteiger partial charge is 0.123 e. The Bertz CT molecular complexity index is 250. The minimum absolute atomic E-state index is 0.601. The molecule has 1 aromatic heterocycles. The number of aromatic nitrogens is 1. The zero-order valence-corrected chi connectivity index (χ0v) is 7.99. The number of pyridine rings is 1. The predicted molar refractivity (Wildman–Crippen MR) is 53.5 cm³/mol. The number of methoxy groups -OCH3 is 1. The van der Waals surface area contributed by atoms with Crippen molar-refractivity contribution in [1.82, 2.24) is 4.98 Å². The van der Waals surface area contributed by atoms with Crippen molar-refractivity contribution in [3.8, 4) is 0 Å². The molecule has 13 heavy (non-hydrogen) atoms. The Kier molecular flexibility index (Phi) is 4.26. The summed E-state index contributed by atoms with van der Waals surface area (Å²) in [5.41, 5.74) is 6.81. The number of aryl methyl sites for hydroxylation is 1. The molecule has 0 aliphatic heterocycles. The lowest BCUT2D eigenvalue weighted by Crippen LogP contribution is -1.94. The third-order valence-corrected chi connectivity index (χ3v) is 1.91. The Morgan fingerprint density at radius 3 is 3.00 bits per heavy atom. The maximum atomic E-state index is 5.55. The van der Waals surface area contributed by atoms with Crippen LogP contribution >= 0.6 is 0 Å². The standard InChI is InChI=1S/C10H16N2O/c1-13-7-3-2-4-9-5-6-12-10(11)8-9/h5-6,8H,2-4,7H2,1H3,(H2,11,12). The summed E-state index contributed by atoms with van der Waals surface area (Å²) in [5.74, 6) is 0.601. The van der Waals surface area contributed by atoms with E-state index >= 15 is 0 Å². The van der Waals surface area contributed by atoms with Gasteiger partial charge in [-0.25, -0.2) is 4.98 Å². The quantitative estimate of drug-likeness (QED) is 0.701. The van der Waals surface area contributed by atoms with Gasteiger partial charge in [0.15, 0.2) is 0 Å². The number of hydrogen-bond acceptors (Lipinski definition) is 3. The molecular formula is C10H16N2O. The van der Waals surface area contributed by atoms with E-state index in [4.69, 9.17) is 10.5 Å². The highest BCUT2D eigenvalue weighted by Crippen LogP contribution is 2.06. The van der Waals surface area contributed by atoms with Crippen LogP contribution in [0.4, 0.5) is 5.82 Å². The molecule has 3 heteroatoms. The zero-order valence-electron chi connectivity index (χ0n) is 7.99. The van der Waals surface area contributed by atoms with Crippen molar-refractivity contribution in [2.45, 2.75) is 19.3 Å². The van der Waals surface area contributed by atoms with Gasteiger partial charge in [0.05, 0.1) is 0 Å². The van der Waals surface area contributed by atoms with Crippen molar-refractivity contribution < 1.29 is 4.74 Å². The van der Waals surface area contributed by atoms with Gasteiger partial charge in [-0.2, -0.15) is 0 Å². The minimum atomic E-state index is 0.601. The van der Waals surface area contributed by atoms with Gasteiger partial charge in [0, 0.05) is 19.9 Å². The molecule has 1 rings (SSSR count). The Balaban J connectivity index is 2.28. The molecule has 0 aromatic carbocycles. The van der Waals surface area contributed by atoms with E-state index in [0.29, 0.717) is 5.82 Å². The van der Waals surface area contributed by atoms with E-state index in [1.807, 2.05) is 12.1 Å². The molecule has 1 aromatic rings. The molecular weight excluding hydrogens is 164 g/mol. The summed E-state index contributed by atoms with van der Waals surface area (Å²) in [4.78, 5) is 3.94. The van der Waals surface area contributed by atoms with E-state index in [1.54, 1.807) is 13.3 Å². The highest BCUT2D eigenvalue weighted by molar-refractivity contribution is 5.31. The maximum Gasteiger partial charge on any atom is 0.123 e. The van der Waals surface area contributed by atoms with Gasteiger partial charge in [-0.1, -0.05) is 0 Å². The fraction of sp³-hybridized carbons (Fsp3) is 0.500. The van der Waals surface area contributed by atoms with Gasteiger partial charge in [-0.05, 0) is 37.0 Å². The lowest BCUT2D eigenvalue weighted by Gasteiger charge is -2.01. The van der Waals surface area contributed by atoms with Crippen LogP contribution in [0.5, 0.6) is 0 Å². The number of hydrogen-bond donors (Lipinski definition) is 1. The molecule has 1 heterocycles. The number of nitrogens with two attached hydrogens (primary N) is 1. The Morgan fingerprint density at radius 2 is 2.31 bits per heavy atom. The second-order valence-electron chi connectivity index (χ2n) is 3.04. The average Bonchev–Trinajstić information content (AvgIpc) is 2.13. The third-order valence-electron chi connectivity index (χ3n) is 1.91. The minimum Gasteiger partial charge on any atom is -0.385 e. The molecule has 0 unspecified atom stereocenters. The molecule has 0 saturated carbocycles. The molecule has 0 amide bonds. The van der Waals surface area contributed by atoms with Crippen molar-refractivity contribution in [2.75, 3.05) is 19.5 Å². The lowest BCUT2D eigenvalue weighted by molar-refractivity contribution is 0.193. The Hall–Kier alpha value is -1.09. The van der Waals surface area contributed by atoms with Crippen molar-refractivity contribution in [2.24, 2.45) is 0 Å². The molecule has 2 N–H and O–H groups in total. The summed E-state index contributed by atoms with van der Waals surface area (Å²) >= 11 is 0.